The van der Waals surface area contributed by atoms with E-state index in [0.717, 1.165) is 5.56 Å². The second-order valence-electron chi connectivity index (χ2n) is 4.03. The molecule has 0 aliphatic heterocycles. The molecule has 0 N–H and O–H groups in total. The van der Waals surface area contributed by atoms with Crippen molar-refractivity contribution >= 4 is 10.1 Å². The number of rotatable bonds is 4. The minimum absolute atomic E-state index is 0.126. The highest BCUT2D eigenvalue weighted by molar-refractivity contribution is 7.87. The van der Waals surface area contributed by atoms with E-state index in [4.69, 9.17) is 8.92 Å². The van der Waals surface area contributed by atoms with E-state index >= 15 is 0 Å². The van der Waals surface area contributed by atoms with Crippen molar-refractivity contribution < 1.29 is 17.3 Å². The lowest BCUT2D eigenvalue weighted by atomic mass is 10.2. The van der Waals surface area contributed by atoms with Gasteiger partial charge in [0.15, 0.2) is 0 Å². The third-order valence-corrected chi connectivity index (χ3v) is 3.82. The van der Waals surface area contributed by atoms with Crippen LogP contribution in [0.2, 0.25) is 0 Å². The summed E-state index contributed by atoms with van der Waals surface area (Å²) in [5.74, 6) is 0.761. The van der Waals surface area contributed by atoms with Crippen LogP contribution < -0.4 is 8.92 Å². The van der Waals surface area contributed by atoms with Crippen molar-refractivity contribution in [1.29, 1.82) is 0 Å². The van der Waals surface area contributed by atoms with Gasteiger partial charge in [-0.05, 0) is 31.2 Å². The zero-order valence-electron chi connectivity index (χ0n) is 10.7. The molecule has 0 radical (unpaired) electrons. The van der Waals surface area contributed by atoms with Gasteiger partial charge in [0.2, 0.25) is 0 Å². The number of ether oxygens (including phenoxy) is 1. The number of benzene rings is 2. The number of hydrogen-bond acceptors (Lipinski definition) is 4. The highest BCUT2D eigenvalue weighted by Gasteiger charge is 2.16. The Kier molecular flexibility index (Phi) is 3.76. The van der Waals surface area contributed by atoms with Crippen molar-refractivity contribution in [1.82, 2.24) is 0 Å². The van der Waals surface area contributed by atoms with Gasteiger partial charge in [-0.3, -0.25) is 0 Å². The average molecular weight is 278 g/mol. The van der Waals surface area contributed by atoms with Crippen molar-refractivity contribution in [3.8, 4) is 11.5 Å². The first-order chi connectivity index (χ1) is 9.01. The highest BCUT2D eigenvalue weighted by Crippen LogP contribution is 2.23. The van der Waals surface area contributed by atoms with Crippen molar-refractivity contribution in [2.24, 2.45) is 0 Å². The smallest absolute Gasteiger partial charge is 0.339 e. The lowest BCUT2D eigenvalue weighted by Gasteiger charge is -2.08. The van der Waals surface area contributed by atoms with Gasteiger partial charge in [-0.1, -0.05) is 23.8 Å². The van der Waals surface area contributed by atoms with Gasteiger partial charge in [0.25, 0.3) is 0 Å². The van der Waals surface area contributed by atoms with E-state index in [0.29, 0.717) is 5.75 Å². The van der Waals surface area contributed by atoms with Crippen molar-refractivity contribution in [2.75, 3.05) is 7.11 Å². The standard InChI is InChI=1S/C14H14O4S/c1-11-6-8-14(9-7-11)19(15,16)18-13-5-3-4-12(10-13)17-2/h3-10H,1-2H3. The molecule has 0 heterocycles. The molecule has 0 saturated carbocycles. The summed E-state index contributed by atoms with van der Waals surface area (Å²) < 4.78 is 34.2. The second kappa shape index (κ2) is 5.32. The molecular weight excluding hydrogens is 264 g/mol. The van der Waals surface area contributed by atoms with E-state index in [2.05, 4.69) is 0 Å². The van der Waals surface area contributed by atoms with Crippen molar-refractivity contribution in [2.45, 2.75) is 11.8 Å². The fourth-order valence-corrected chi connectivity index (χ4v) is 2.46. The lowest BCUT2D eigenvalue weighted by molar-refractivity contribution is 0.411. The largest absolute Gasteiger partial charge is 0.497 e. The average Bonchev–Trinajstić information content (AvgIpc) is 2.39. The summed E-state index contributed by atoms with van der Waals surface area (Å²) in [5.41, 5.74) is 0.986. The number of hydrogen-bond donors (Lipinski definition) is 0. The van der Waals surface area contributed by atoms with Crippen LogP contribution in [0.5, 0.6) is 11.5 Å². The van der Waals surface area contributed by atoms with Crippen LogP contribution in [-0.2, 0) is 10.1 Å². The van der Waals surface area contributed by atoms with E-state index in [1.165, 1.54) is 25.3 Å². The van der Waals surface area contributed by atoms with Crippen molar-refractivity contribution in [3.63, 3.8) is 0 Å². The van der Waals surface area contributed by atoms with Crippen LogP contribution in [0.3, 0.4) is 0 Å². The Hall–Kier alpha value is -2.01. The molecule has 0 unspecified atom stereocenters. The second-order valence-corrected chi connectivity index (χ2v) is 5.58. The van der Waals surface area contributed by atoms with E-state index in [9.17, 15) is 8.42 Å². The predicted molar refractivity (Wildman–Crippen MR) is 72.0 cm³/mol. The Morgan fingerprint density at radius 1 is 0.947 bits per heavy atom. The Balaban J connectivity index is 2.28. The topological polar surface area (TPSA) is 52.6 Å². The fourth-order valence-electron chi connectivity index (χ4n) is 1.53. The van der Waals surface area contributed by atoms with Crippen LogP contribution in [-0.4, -0.2) is 15.5 Å². The summed E-state index contributed by atoms with van der Waals surface area (Å²) in [6.45, 7) is 1.89. The number of aryl methyl sites for hydroxylation is 1. The van der Waals surface area contributed by atoms with E-state index in [1.54, 1.807) is 30.3 Å². The summed E-state index contributed by atoms with van der Waals surface area (Å²) in [6, 6.07) is 12.9. The monoisotopic (exact) mass is 278 g/mol. The van der Waals surface area contributed by atoms with E-state index < -0.39 is 10.1 Å². The molecule has 0 aliphatic rings. The van der Waals surface area contributed by atoms with Crippen LogP contribution in [0.25, 0.3) is 0 Å². The molecule has 0 saturated heterocycles. The normalized spacial score (nSPS) is 11.1. The van der Waals surface area contributed by atoms with Gasteiger partial charge in [0.05, 0.1) is 7.11 Å². The van der Waals surface area contributed by atoms with Gasteiger partial charge < -0.3 is 8.92 Å². The quantitative estimate of drug-likeness (QED) is 0.807. The van der Waals surface area contributed by atoms with Crippen molar-refractivity contribution in [3.05, 3.63) is 54.1 Å². The summed E-state index contributed by atoms with van der Waals surface area (Å²) >= 11 is 0. The minimum Gasteiger partial charge on any atom is -0.497 e. The minimum atomic E-state index is -3.81. The molecule has 5 heteroatoms. The van der Waals surface area contributed by atoms with Gasteiger partial charge in [0, 0.05) is 6.07 Å². The molecule has 0 atom stereocenters. The molecule has 0 bridgehead atoms. The molecular formula is C14H14O4S. The molecule has 100 valence electrons. The van der Waals surface area contributed by atoms with Crippen LogP contribution in [0.1, 0.15) is 5.56 Å². The van der Waals surface area contributed by atoms with Gasteiger partial charge in [-0.15, -0.1) is 0 Å². The molecule has 2 rings (SSSR count). The van der Waals surface area contributed by atoms with Crippen LogP contribution >= 0.6 is 0 Å². The van der Waals surface area contributed by atoms with Gasteiger partial charge >= 0.3 is 10.1 Å². The molecule has 0 amide bonds. The third-order valence-electron chi connectivity index (χ3n) is 2.56. The first-order valence-electron chi connectivity index (χ1n) is 5.66. The first-order valence-corrected chi connectivity index (χ1v) is 7.07. The molecule has 19 heavy (non-hydrogen) atoms. The molecule has 0 aliphatic carbocycles. The molecule has 4 nitrogen and oxygen atoms in total. The van der Waals surface area contributed by atoms with Gasteiger partial charge in [-0.25, -0.2) is 0 Å². The summed E-state index contributed by atoms with van der Waals surface area (Å²) in [5, 5.41) is 0. The van der Waals surface area contributed by atoms with Gasteiger partial charge in [-0.2, -0.15) is 8.42 Å². The van der Waals surface area contributed by atoms with Crippen LogP contribution in [0.4, 0.5) is 0 Å². The Morgan fingerprint density at radius 3 is 2.21 bits per heavy atom. The van der Waals surface area contributed by atoms with Crippen LogP contribution in [0.15, 0.2) is 53.4 Å². The lowest BCUT2D eigenvalue weighted by Crippen LogP contribution is -2.09. The maximum atomic E-state index is 12.0. The maximum Gasteiger partial charge on any atom is 0.339 e. The first kappa shape index (κ1) is 13.4. The van der Waals surface area contributed by atoms with E-state index in [-0.39, 0.29) is 10.6 Å². The van der Waals surface area contributed by atoms with E-state index in [1.807, 2.05) is 6.92 Å². The third kappa shape index (κ3) is 3.26. The zero-order valence-corrected chi connectivity index (χ0v) is 11.5. The summed E-state index contributed by atoms with van der Waals surface area (Å²) in [4.78, 5) is 0.126. The molecule has 0 aromatic heterocycles. The molecule has 2 aromatic carbocycles. The SMILES string of the molecule is COc1cccc(OS(=O)(=O)c2ccc(C)cc2)c1. The van der Waals surface area contributed by atoms with Crippen LogP contribution in [0, 0.1) is 6.92 Å². The predicted octanol–water partition coefficient (Wildman–Crippen LogP) is 2.77. The maximum absolute atomic E-state index is 12.0. The Bertz CT molecular complexity index is 660. The van der Waals surface area contributed by atoms with Gasteiger partial charge in [0.1, 0.15) is 16.4 Å². The zero-order chi connectivity index (χ0) is 13.9. The molecule has 0 fully saturated rings. The highest BCUT2D eigenvalue weighted by atomic mass is 32.2. The molecule has 2 aromatic rings. The number of methoxy groups -OCH3 is 1. The fraction of sp³-hybridized carbons (Fsp3) is 0.143. The molecule has 0 spiro atoms. The summed E-state index contributed by atoms with van der Waals surface area (Å²) in [7, 11) is -2.30. The Labute approximate surface area is 112 Å². The summed E-state index contributed by atoms with van der Waals surface area (Å²) in [6.07, 6.45) is 0. The Morgan fingerprint density at radius 2 is 1.58 bits per heavy atom.